The standard InChI is InChI=1S/C3H6.C2H4N2.C2H5N.2C2H6/c1-3-2;1-3-4-2;1-2-3;2*1-2/h3H,1H2,2H3;1-2H2;2H,1,3H2;2*1-2H3. The van der Waals surface area contributed by atoms with Gasteiger partial charge in [-0.1, -0.05) is 40.3 Å². The van der Waals surface area contributed by atoms with Crippen LogP contribution in [0.25, 0.3) is 0 Å². The van der Waals surface area contributed by atoms with Crippen molar-refractivity contribution in [2.75, 3.05) is 0 Å². The van der Waals surface area contributed by atoms with Crippen molar-refractivity contribution < 1.29 is 0 Å². The van der Waals surface area contributed by atoms with E-state index < -0.39 is 0 Å². The molecule has 0 radical (unpaired) electrons. The maximum absolute atomic E-state index is 4.61. The van der Waals surface area contributed by atoms with Crippen LogP contribution in [0, 0.1) is 0 Å². The van der Waals surface area contributed by atoms with Crippen LogP contribution in [-0.2, 0) is 0 Å². The third-order valence-corrected chi connectivity index (χ3v) is 0.1000. The molecule has 14 heavy (non-hydrogen) atoms. The van der Waals surface area contributed by atoms with E-state index >= 15 is 0 Å². The van der Waals surface area contributed by atoms with E-state index in [2.05, 4.69) is 42.5 Å². The molecular weight excluding hydrogens is 174 g/mol. The van der Waals surface area contributed by atoms with Gasteiger partial charge in [-0.05, 0) is 13.1 Å². The molecule has 0 fully saturated rings. The van der Waals surface area contributed by atoms with Crippen molar-refractivity contribution in [3.05, 3.63) is 25.4 Å². The average molecular weight is 201 g/mol. The summed E-state index contributed by atoms with van der Waals surface area (Å²) >= 11 is 0. The second-order valence-electron chi connectivity index (χ2n) is 0.927. The monoisotopic (exact) mass is 201 g/mol. The highest BCUT2D eigenvalue weighted by Gasteiger charge is 1.24. The molecule has 0 saturated carbocycles. The van der Waals surface area contributed by atoms with Gasteiger partial charge in [0.2, 0.25) is 0 Å². The van der Waals surface area contributed by atoms with Crippen LogP contribution in [0.1, 0.15) is 34.6 Å². The van der Waals surface area contributed by atoms with Gasteiger partial charge in [-0.2, -0.15) is 10.2 Å². The van der Waals surface area contributed by atoms with Gasteiger partial charge < -0.3 is 5.73 Å². The summed E-state index contributed by atoms with van der Waals surface area (Å²) in [6.07, 6.45) is 3.00. The molecule has 0 aliphatic heterocycles. The van der Waals surface area contributed by atoms with Gasteiger partial charge in [-0.15, -0.1) is 6.58 Å². The van der Waals surface area contributed by atoms with Gasteiger partial charge in [0.25, 0.3) is 0 Å². The van der Waals surface area contributed by atoms with E-state index in [1.54, 1.807) is 6.08 Å². The minimum atomic E-state index is 1.25. The Morgan fingerprint density at radius 2 is 1.00 bits per heavy atom. The third-order valence-electron chi connectivity index (χ3n) is 0.1000. The van der Waals surface area contributed by atoms with Crippen molar-refractivity contribution in [2.45, 2.75) is 34.6 Å². The number of allylic oxidation sites excluding steroid dienone is 1. The summed E-state index contributed by atoms with van der Waals surface area (Å²) in [7, 11) is 0. The average Bonchev–Trinajstić information content (AvgIpc) is 2.26. The Balaban J connectivity index is -0.0000000249. The lowest BCUT2D eigenvalue weighted by atomic mass is 10.8. The van der Waals surface area contributed by atoms with Gasteiger partial charge in [-0.3, -0.25) is 0 Å². The lowest BCUT2D eigenvalue weighted by Gasteiger charge is -1.50. The number of rotatable bonds is 1. The van der Waals surface area contributed by atoms with Gasteiger partial charge >= 0.3 is 0 Å². The zero-order chi connectivity index (χ0) is 12.8. The largest absolute Gasteiger partial charge is 0.405 e. The summed E-state index contributed by atoms with van der Waals surface area (Å²) in [4.78, 5) is 0. The Labute approximate surface area is 90.1 Å². The van der Waals surface area contributed by atoms with Crippen LogP contribution in [0.4, 0.5) is 0 Å². The first-order valence-electron chi connectivity index (χ1n) is 4.56. The minimum absolute atomic E-state index is 1.25. The summed E-state index contributed by atoms with van der Waals surface area (Å²) in [6.45, 7) is 22.4. The second-order valence-corrected chi connectivity index (χ2v) is 0.927. The summed E-state index contributed by atoms with van der Waals surface area (Å²) < 4.78 is 0. The van der Waals surface area contributed by atoms with E-state index in [9.17, 15) is 0 Å². The fourth-order valence-corrected chi connectivity index (χ4v) is 0. The molecule has 0 atom stereocenters. The maximum Gasteiger partial charge on any atom is 0.0132 e. The van der Waals surface area contributed by atoms with Crippen LogP contribution in [0.15, 0.2) is 35.6 Å². The topological polar surface area (TPSA) is 50.7 Å². The summed E-state index contributed by atoms with van der Waals surface area (Å²) in [5.74, 6) is 0. The Bertz CT molecular complexity index is 76.5. The molecular formula is C11H27N3. The lowest BCUT2D eigenvalue weighted by molar-refractivity contribution is 1.29. The predicted molar refractivity (Wildman–Crippen MR) is 72.0 cm³/mol. The molecule has 0 aromatic rings. The first-order chi connectivity index (χ1) is 6.74. The van der Waals surface area contributed by atoms with Crippen molar-refractivity contribution >= 4 is 13.4 Å². The summed E-state index contributed by atoms with van der Waals surface area (Å²) in [5.41, 5.74) is 4.61. The van der Waals surface area contributed by atoms with E-state index in [0.29, 0.717) is 0 Å². The van der Waals surface area contributed by atoms with E-state index in [-0.39, 0.29) is 0 Å². The van der Waals surface area contributed by atoms with Crippen molar-refractivity contribution in [3.8, 4) is 0 Å². The van der Waals surface area contributed by atoms with Crippen molar-refractivity contribution in [2.24, 2.45) is 15.9 Å². The van der Waals surface area contributed by atoms with Crippen LogP contribution < -0.4 is 5.73 Å². The van der Waals surface area contributed by atoms with Crippen molar-refractivity contribution in [3.63, 3.8) is 0 Å². The molecule has 0 saturated heterocycles. The quantitative estimate of drug-likeness (QED) is 0.393. The molecule has 0 amide bonds. The third kappa shape index (κ3) is 6810. The van der Waals surface area contributed by atoms with Gasteiger partial charge in [0.15, 0.2) is 0 Å². The summed E-state index contributed by atoms with van der Waals surface area (Å²) in [5, 5.41) is 6.00. The second kappa shape index (κ2) is 191. The fraction of sp³-hybridized carbons (Fsp3) is 0.455. The summed E-state index contributed by atoms with van der Waals surface area (Å²) in [6, 6.07) is 0. The van der Waals surface area contributed by atoms with Gasteiger partial charge in [0.05, 0.1) is 0 Å². The van der Waals surface area contributed by atoms with Crippen LogP contribution in [0.2, 0.25) is 0 Å². The molecule has 0 unspecified atom stereocenters. The highest BCUT2D eigenvalue weighted by atomic mass is 15.2. The van der Waals surface area contributed by atoms with Crippen LogP contribution >= 0.6 is 0 Å². The van der Waals surface area contributed by atoms with Crippen LogP contribution in [0.5, 0.6) is 0 Å². The zero-order valence-electron chi connectivity index (χ0n) is 10.5. The van der Waals surface area contributed by atoms with E-state index in [4.69, 9.17) is 0 Å². The molecule has 0 aromatic carbocycles. The number of nitrogens with zero attached hydrogens (tertiary/aromatic N) is 2. The molecule has 0 heterocycles. The van der Waals surface area contributed by atoms with Gasteiger partial charge in [0, 0.05) is 13.4 Å². The van der Waals surface area contributed by atoms with Crippen molar-refractivity contribution in [1.82, 2.24) is 0 Å². The maximum atomic E-state index is 4.61. The molecule has 2 N–H and O–H groups in total. The molecule has 0 aromatic heterocycles. The first-order valence-corrected chi connectivity index (χ1v) is 4.56. The minimum Gasteiger partial charge on any atom is -0.405 e. The SMILES string of the molecule is C=CC.C=CN.C=NN=C.CC.CC. The Hall–Kier alpha value is -1.38. The number of nitrogens with two attached hydrogens (primary N) is 1. The first kappa shape index (κ1) is 29.3. The van der Waals surface area contributed by atoms with Crippen LogP contribution in [0.3, 0.4) is 0 Å². The highest BCUT2D eigenvalue weighted by Crippen LogP contribution is 1.47. The Kier molecular flexibility index (Phi) is 400. The Morgan fingerprint density at radius 1 is 0.929 bits per heavy atom. The number of hydrogen-bond acceptors (Lipinski definition) is 3. The van der Waals surface area contributed by atoms with Gasteiger partial charge in [0.1, 0.15) is 0 Å². The molecule has 0 spiro atoms. The molecule has 0 aliphatic carbocycles. The molecule has 0 bridgehead atoms. The lowest BCUT2D eigenvalue weighted by Crippen LogP contribution is -1.67. The predicted octanol–water partition coefficient (Wildman–Crippen LogP) is 3.64. The highest BCUT2D eigenvalue weighted by molar-refractivity contribution is 5.28. The van der Waals surface area contributed by atoms with Gasteiger partial charge in [-0.25, -0.2) is 0 Å². The number of hydrogen-bond donors (Lipinski definition) is 1. The molecule has 86 valence electrons. The smallest absolute Gasteiger partial charge is 0.0132 e. The molecule has 0 aliphatic rings. The van der Waals surface area contributed by atoms with E-state index in [1.165, 1.54) is 6.20 Å². The molecule has 3 heteroatoms. The van der Waals surface area contributed by atoms with Crippen LogP contribution in [-0.4, -0.2) is 13.4 Å². The van der Waals surface area contributed by atoms with E-state index in [1.807, 2.05) is 34.6 Å². The molecule has 0 rings (SSSR count). The van der Waals surface area contributed by atoms with Crippen molar-refractivity contribution in [1.29, 1.82) is 0 Å². The fourth-order valence-electron chi connectivity index (χ4n) is 0. The Morgan fingerprint density at radius 3 is 1.00 bits per heavy atom. The normalized spacial score (nSPS) is 4.07. The molecule has 3 nitrogen and oxygen atoms in total. The zero-order valence-corrected chi connectivity index (χ0v) is 10.5. The van der Waals surface area contributed by atoms with E-state index in [0.717, 1.165) is 0 Å².